The summed E-state index contributed by atoms with van der Waals surface area (Å²) in [7, 11) is 0. The quantitative estimate of drug-likeness (QED) is 0.774. The molecule has 3 amide bonds. The number of aryl methyl sites for hydroxylation is 1. The van der Waals surface area contributed by atoms with Gasteiger partial charge in [-0.2, -0.15) is 0 Å². The Morgan fingerprint density at radius 3 is 2.62 bits per heavy atom. The van der Waals surface area contributed by atoms with Gasteiger partial charge >= 0.3 is 6.03 Å². The van der Waals surface area contributed by atoms with Crippen LogP contribution in [0.2, 0.25) is 0 Å². The van der Waals surface area contributed by atoms with Crippen molar-refractivity contribution in [1.29, 1.82) is 0 Å². The lowest BCUT2D eigenvalue weighted by Gasteiger charge is -2.39. The van der Waals surface area contributed by atoms with Crippen molar-refractivity contribution in [1.82, 2.24) is 10.2 Å². The first kappa shape index (κ1) is 22.1. The van der Waals surface area contributed by atoms with E-state index in [9.17, 15) is 14.0 Å². The fourth-order valence-corrected chi connectivity index (χ4v) is 4.32. The summed E-state index contributed by atoms with van der Waals surface area (Å²) < 4.78 is 19.8. The Bertz CT molecular complexity index is 988. The molecule has 2 heterocycles. The van der Waals surface area contributed by atoms with Crippen LogP contribution in [0.25, 0.3) is 0 Å². The molecule has 1 atom stereocenters. The van der Waals surface area contributed by atoms with E-state index in [1.165, 1.54) is 6.07 Å². The van der Waals surface area contributed by atoms with Gasteiger partial charge in [-0.3, -0.25) is 9.69 Å². The van der Waals surface area contributed by atoms with Crippen molar-refractivity contribution in [2.75, 3.05) is 24.5 Å². The standard InChI is InChI=1S/C25H30FN3O3/c1-3-20-16-29(22-14-17(2)8-9-23(22)32-20)25(31)28-12-10-18(11-13-28)24(30)27-15-19-6-4-5-7-21(19)26/h4-9,14,18,20H,3,10-13,15-16H2,1-2H3,(H,27,30)/t20-/m1/s1. The number of fused-ring (bicyclic) bond motifs is 1. The monoisotopic (exact) mass is 439 g/mol. The average molecular weight is 440 g/mol. The molecule has 170 valence electrons. The number of piperidine rings is 1. The van der Waals surface area contributed by atoms with Gasteiger partial charge in [0.1, 0.15) is 17.7 Å². The van der Waals surface area contributed by atoms with E-state index in [1.807, 2.05) is 34.9 Å². The minimum absolute atomic E-state index is 0.0316. The molecule has 2 aromatic rings. The number of hydrogen-bond acceptors (Lipinski definition) is 3. The second-order valence-electron chi connectivity index (χ2n) is 8.58. The van der Waals surface area contributed by atoms with Gasteiger partial charge in [0.25, 0.3) is 0 Å². The lowest BCUT2D eigenvalue weighted by Crippen LogP contribution is -2.52. The van der Waals surface area contributed by atoms with E-state index in [0.717, 1.165) is 23.4 Å². The van der Waals surface area contributed by atoms with Crippen LogP contribution in [0.1, 0.15) is 37.3 Å². The van der Waals surface area contributed by atoms with Crippen LogP contribution in [-0.4, -0.2) is 42.6 Å². The van der Waals surface area contributed by atoms with Gasteiger partial charge in [-0.05, 0) is 49.9 Å². The molecule has 32 heavy (non-hydrogen) atoms. The van der Waals surface area contributed by atoms with Crippen molar-refractivity contribution in [2.45, 2.75) is 45.8 Å². The van der Waals surface area contributed by atoms with Crippen LogP contribution in [0.15, 0.2) is 42.5 Å². The topological polar surface area (TPSA) is 61.9 Å². The Hall–Kier alpha value is -3.09. The number of likely N-dealkylation sites (tertiary alicyclic amines) is 1. The number of amides is 3. The van der Waals surface area contributed by atoms with Gasteiger partial charge in [0.05, 0.1) is 12.2 Å². The summed E-state index contributed by atoms with van der Waals surface area (Å²) in [5, 5.41) is 2.84. The fraction of sp³-hybridized carbons (Fsp3) is 0.440. The maximum absolute atomic E-state index is 13.8. The summed E-state index contributed by atoms with van der Waals surface area (Å²) >= 11 is 0. The largest absolute Gasteiger partial charge is 0.486 e. The number of carbonyl (C=O) groups excluding carboxylic acids is 2. The number of ether oxygens (including phenoxy) is 1. The fourth-order valence-electron chi connectivity index (χ4n) is 4.32. The van der Waals surface area contributed by atoms with Crippen LogP contribution in [0.3, 0.4) is 0 Å². The van der Waals surface area contributed by atoms with E-state index in [0.29, 0.717) is 38.0 Å². The normalized spacial score (nSPS) is 18.7. The summed E-state index contributed by atoms with van der Waals surface area (Å²) in [6, 6.07) is 12.3. The molecule has 0 unspecified atom stereocenters. The number of anilines is 1. The third kappa shape index (κ3) is 4.71. The predicted molar refractivity (Wildman–Crippen MR) is 121 cm³/mol. The van der Waals surface area contributed by atoms with Gasteiger partial charge in [-0.1, -0.05) is 31.2 Å². The Morgan fingerprint density at radius 2 is 1.91 bits per heavy atom. The van der Waals surface area contributed by atoms with Gasteiger partial charge in [0.15, 0.2) is 0 Å². The molecule has 2 aliphatic heterocycles. The highest BCUT2D eigenvalue weighted by atomic mass is 19.1. The SMILES string of the molecule is CC[C@@H]1CN(C(=O)N2CCC(C(=O)NCc3ccccc3F)CC2)c2cc(C)ccc2O1. The molecule has 1 saturated heterocycles. The second kappa shape index (κ2) is 9.59. The van der Waals surface area contributed by atoms with Crippen molar-refractivity contribution in [3.05, 3.63) is 59.4 Å². The van der Waals surface area contributed by atoms with E-state index < -0.39 is 0 Å². The minimum atomic E-state index is -0.320. The summed E-state index contributed by atoms with van der Waals surface area (Å²) in [5.41, 5.74) is 2.36. The second-order valence-corrected chi connectivity index (χ2v) is 8.58. The molecular formula is C25H30FN3O3. The first-order valence-corrected chi connectivity index (χ1v) is 11.3. The maximum atomic E-state index is 13.8. The van der Waals surface area contributed by atoms with Crippen molar-refractivity contribution in [3.63, 3.8) is 0 Å². The Labute approximate surface area is 188 Å². The van der Waals surface area contributed by atoms with Crippen LogP contribution in [0, 0.1) is 18.7 Å². The summed E-state index contributed by atoms with van der Waals surface area (Å²) in [6.07, 6.45) is 1.98. The first-order valence-electron chi connectivity index (χ1n) is 11.3. The number of urea groups is 1. The number of nitrogens with zero attached hydrogens (tertiary/aromatic N) is 2. The first-order chi connectivity index (χ1) is 15.5. The van der Waals surface area contributed by atoms with Gasteiger partial charge < -0.3 is 15.0 Å². The molecular weight excluding hydrogens is 409 g/mol. The Kier molecular flexibility index (Phi) is 6.63. The zero-order valence-electron chi connectivity index (χ0n) is 18.6. The third-order valence-corrected chi connectivity index (χ3v) is 6.32. The molecule has 0 aromatic heterocycles. The van der Waals surface area contributed by atoms with Crippen molar-refractivity contribution < 1.29 is 18.7 Å². The highest BCUT2D eigenvalue weighted by Gasteiger charge is 2.34. The number of halogens is 1. The molecule has 4 rings (SSSR count). The van der Waals surface area contributed by atoms with Gasteiger partial charge in [-0.15, -0.1) is 0 Å². The van der Waals surface area contributed by atoms with Crippen LogP contribution in [0.5, 0.6) is 5.75 Å². The van der Waals surface area contributed by atoms with Gasteiger partial charge in [0.2, 0.25) is 5.91 Å². The molecule has 0 spiro atoms. The molecule has 0 aliphatic carbocycles. The lowest BCUT2D eigenvalue weighted by atomic mass is 9.96. The van der Waals surface area contributed by atoms with Gasteiger partial charge in [-0.25, -0.2) is 9.18 Å². The van der Waals surface area contributed by atoms with Crippen LogP contribution in [-0.2, 0) is 11.3 Å². The average Bonchev–Trinajstić information content (AvgIpc) is 2.82. The van der Waals surface area contributed by atoms with E-state index in [2.05, 4.69) is 12.2 Å². The molecule has 2 aliphatic rings. The van der Waals surface area contributed by atoms with E-state index in [4.69, 9.17) is 4.74 Å². The molecule has 2 aromatic carbocycles. The Balaban J connectivity index is 1.36. The van der Waals surface area contributed by atoms with Crippen LogP contribution < -0.4 is 15.0 Å². The van der Waals surface area contributed by atoms with Crippen molar-refractivity contribution in [2.24, 2.45) is 5.92 Å². The summed E-state index contributed by atoms with van der Waals surface area (Å²) in [6.45, 7) is 5.79. The minimum Gasteiger partial charge on any atom is -0.486 e. The molecule has 1 fully saturated rings. The Morgan fingerprint density at radius 1 is 1.16 bits per heavy atom. The van der Waals surface area contributed by atoms with Crippen LogP contribution >= 0.6 is 0 Å². The third-order valence-electron chi connectivity index (χ3n) is 6.32. The molecule has 0 radical (unpaired) electrons. The molecule has 0 saturated carbocycles. The summed E-state index contributed by atoms with van der Waals surface area (Å²) in [4.78, 5) is 29.6. The summed E-state index contributed by atoms with van der Waals surface area (Å²) in [5.74, 6) is 0.163. The highest BCUT2D eigenvalue weighted by Crippen LogP contribution is 2.36. The number of benzene rings is 2. The number of rotatable bonds is 4. The zero-order chi connectivity index (χ0) is 22.7. The number of hydrogen-bond donors (Lipinski definition) is 1. The molecule has 1 N–H and O–H groups in total. The predicted octanol–water partition coefficient (Wildman–Crippen LogP) is 4.26. The highest BCUT2D eigenvalue weighted by molar-refractivity contribution is 5.94. The van der Waals surface area contributed by atoms with Crippen LogP contribution in [0.4, 0.5) is 14.9 Å². The van der Waals surface area contributed by atoms with E-state index in [-0.39, 0.29) is 36.3 Å². The number of carbonyl (C=O) groups is 2. The molecule has 6 nitrogen and oxygen atoms in total. The van der Waals surface area contributed by atoms with Crippen molar-refractivity contribution >= 4 is 17.6 Å². The van der Waals surface area contributed by atoms with E-state index >= 15 is 0 Å². The van der Waals surface area contributed by atoms with Gasteiger partial charge in [0, 0.05) is 31.1 Å². The zero-order valence-corrected chi connectivity index (χ0v) is 18.6. The lowest BCUT2D eigenvalue weighted by molar-refractivity contribution is -0.126. The smallest absolute Gasteiger partial charge is 0.324 e. The number of nitrogens with one attached hydrogen (secondary N) is 1. The van der Waals surface area contributed by atoms with E-state index in [1.54, 1.807) is 18.2 Å². The maximum Gasteiger partial charge on any atom is 0.324 e. The van der Waals surface area contributed by atoms with Crippen molar-refractivity contribution in [3.8, 4) is 5.75 Å². The molecule has 7 heteroatoms. The molecule has 0 bridgehead atoms.